The van der Waals surface area contributed by atoms with E-state index < -0.39 is 10.0 Å². The first-order valence-corrected chi connectivity index (χ1v) is 9.30. The van der Waals surface area contributed by atoms with E-state index in [9.17, 15) is 8.42 Å². The average molecular weight is 377 g/mol. The standard InChI is InChI=1S/C15H25BrN2O2S/c1-11(2)17-9-12-6-7-13(16)14(8-12)21(19,20)18-10-15(3,4)5/h6-8,11,17-18H,9-10H2,1-5H3. The first-order valence-electron chi connectivity index (χ1n) is 7.03. The van der Waals surface area contributed by atoms with Gasteiger partial charge < -0.3 is 5.32 Å². The van der Waals surface area contributed by atoms with Gasteiger partial charge in [-0.05, 0) is 39.0 Å². The maximum atomic E-state index is 12.4. The van der Waals surface area contributed by atoms with Gasteiger partial charge in [-0.1, -0.05) is 40.7 Å². The van der Waals surface area contributed by atoms with E-state index >= 15 is 0 Å². The van der Waals surface area contributed by atoms with Crippen LogP contribution in [0.5, 0.6) is 0 Å². The summed E-state index contributed by atoms with van der Waals surface area (Å²) in [6.07, 6.45) is 0. The Kier molecular flexibility index (Phi) is 6.40. The fourth-order valence-electron chi connectivity index (χ4n) is 1.57. The van der Waals surface area contributed by atoms with Crippen LogP contribution in [0.3, 0.4) is 0 Å². The van der Waals surface area contributed by atoms with Crippen LogP contribution < -0.4 is 10.0 Å². The minimum absolute atomic E-state index is 0.101. The van der Waals surface area contributed by atoms with Crippen LogP contribution in [0.1, 0.15) is 40.2 Å². The summed E-state index contributed by atoms with van der Waals surface area (Å²) in [6, 6.07) is 5.77. The maximum Gasteiger partial charge on any atom is 0.241 e. The minimum Gasteiger partial charge on any atom is -0.310 e. The molecular weight excluding hydrogens is 352 g/mol. The second-order valence-electron chi connectivity index (χ2n) is 6.69. The van der Waals surface area contributed by atoms with Crippen molar-refractivity contribution in [3.63, 3.8) is 0 Å². The molecule has 120 valence electrons. The van der Waals surface area contributed by atoms with Crippen molar-refractivity contribution in [2.45, 2.75) is 52.1 Å². The maximum absolute atomic E-state index is 12.4. The lowest BCUT2D eigenvalue weighted by Crippen LogP contribution is -2.32. The topological polar surface area (TPSA) is 58.2 Å². The number of halogens is 1. The third-order valence-electron chi connectivity index (χ3n) is 2.79. The lowest BCUT2D eigenvalue weighted by molar-refractivity contribution is 0.407. The van der Waals surface area contributed by atoms with Crippen molar-refractivity contribution in [1.82, 2.24) is 10.0 Å². The van der Waals surface area contributed by atoms with Crippen molar-refractivity contribution in [2.24, 2.45) is 5.41 Å². The van der Waals surface area contributed by atoms with Gasteiger partial charge in [0, 0.05) is 23.6 Å². The van der Waals surface area contributed by atoms with Gasteiger partial charge in [0.05, 0.1) is 4.90 Å². The molecule has 0 unspecified atom stereocenters. The Bertz CT molecular complexity index is 578. The number of hydrogen-bond acceptors (Lipinski definition) is 3. The zero-order chi connectivity index (χ0) is 16.3. The molecule has 0 amide bonds. The molecule has 0 aliphatic carbocycles. The fourth-order valence-corrected chi connectivity index (χ4v) is 3.87. The summed E-state index contributed by atoms with van der Waals surface area (Å²) in [6.45, 7) is 11.1. The zero-order valence-corrected chi connectivity index (χ0v) is 15.7. The summed E-state index contributed by atoms with van der Waals surface area (Å²) < 4.78 is 28.1. The molecule has 0 heterocycles. The molecule has 0 saturated carbocycles. The molecular formula is C15H25BrN2O2S. The van der Waals surface area contributed by atoms with Gasteiger partial charge in [0.15, 0.2) is 0 Å². The molecule has 0 aliphatic rings. The number of hydrogen-bond donors (Lipinski definition) is 2. The fraction of sp³-hybridized carbons (Fsp3) is 0.600. The minimum atomic E-state index is -3.51. The summed E-state index contributed by atoms with van der Waals surface area (Å²) in [5, 5.41) is 3.29. The van der Waals surface area contributed by atoms with E-state index in [4.69, 9.17) is 0 Å². The number of rotatable bonds is 6. The van der Waals surface area contributed by atoms with E-state index in [-0.39, 0.29) is 10.3 Å². The van der Waals surface area contributed by atoms with E-state index in [0.717, 1.165) is 5.56 Å². The molecule has 1 aromatic carbocycles. The van der Waals surface area contributed by atoms with Crippen LogP contribution >= 0.6 is 15.9 Å². The van der Waals surface area contributed by atoms with Gasteiger partial charge in [-0.3, -0.25) is 0 Å². The Morgan fingerprint density at radius 3 is 2.38 bits per heavy atom. The van der Waals surface area contributed by atoms with Gasteiger partial charge in [-0.2, -0.15) is 0 Å². The van der Waals surface area contributed by atoms with Crippen molar-refractivity contribution in [1.29, 1.82) is 0 Å². The lowest BCUT2D eigenvalue weighted by Gasteiger charge is -2.19. The van der Waals surface area contributed by atoms with Crippen molar-refractivity contribution >= 4 is 26.0 Å². The highest BCUT2D eigenvalue weighted by Crippen LogP contribution is 2.24. The van der Waals surface area contributed by atoms with Crippen LogP contribution in [-0.2, 0) is 16.6 Å². The van der Waals surface area contributed by atoms with E-state index in [2.05, 4.69) is 39.8 Å². The predicted molar refractivity (Wildman–Crippen MR) is 90.8 cm³/mol. The Balaban J connectivity index is 2.97. The summed E-state index contributed by atoms with van der Waals surface area (Å²) in [4.78, 5) is 0.287. The second-order valence-corrected chi connectivity index (χ2v) is 9.28. The highest BCUT2D eigenvalue weighted by molar-refractivity contribution is 9.10. The molecule has 6 heteroatoms. The molecule has 0 bridgehead atoms. The van der Waals surface area contributed by atoms with Crippen LogP contribution in [-0.4, -0.2) is 21.0 Å². The summed E-state index contributed by atoms with van der Waals surface area (Å²) >= 11 is 3.33. The van der Waals surface area contributed by atoms with Gasteiger partial charge in [-0.15, -0.1) is 0 Å². The van der Waals surface area contributed by atoms with Crippen molar-refractivity contribution < 1.29 is 8.42 Å². The Labute approximate surface area is 136 Å². The number of sulfonamides is 1. The highest BCUT2D eigenvalue weighted by atomic mass is 79.9. The molecule has 0 aliphatic heterocycles. The van der Waals surface area contributed by atoms with Crippen molar-refractivity contribution in [3.05, 3.63) is 28.2 Å². The largest absolute Gasteiger partial charge is 0.310 e. The molecule has 0 aromatic heterocycles. The number of benzene rings is 1. The molecule has 0 radical (unpaired) electrons. The molecule has 4 nitrogen and oxygen atoms in total. The summed E-state index contributed by atoms with van der Waals surface area (Å²) in [5.41, 5.74) is 0.846. The van der Waals surface area contributed by atoms with Gasteiger partial charge in [0.2, 0.25) is 10.0 Å². The van der Waals surface area contributed by atoms with Gasteiger partial charge in [0.25, 0.3) is 0 Å². The Morgan fingerprint density at radius 1 is 1.24 bits per heavy atom. The molecule has 0 atom stereocenters. The predicted octanol–water partition coefficient (Wildman–Crippen LogP) is 3.27. The number of nitrogens with one attached hydrogen (secondary N) is 2. The third-order valence-corrected chi connectivity index (χ3v) is 5.19. The van der Waals surface area contributed by atoms with Gasteiger partial charge >= 0.3 is 0 Å². The van der Waals surface area contributed by atoms with Crippen LogP contribution in [0.15, 0.2) is 27.6 Å². The summed E-state index contributed by atoms with van der Waals surface area (Å²) in [5.74, 6) is 0. The van der Waals surface area contributed by atoms with Crippen molar-refractivity contribution in [2.75, 3.05) is 6.54 Å². The van der Waals surface area contributed by atoms with E-state index in [1.54, 1.807) is 12.1 Å². The van der Waals surface area contributed by atoms with Gasteiger partial charge in [0.1, 0.15) is 0 Å². The van der Waals surface area contributed by atoms with Crippen LogP contribution in [0.4, 0.5) is 0 Å². The first kappa shape index (κ1) is 18.6. The van der Waals surface area contributed by atoms with E-state index in [0.29, 0.717) is 23.6 Å². The molecule has 0 fully saturated rings. The third kappa shape index (κ3) is 6.46. The van der Waals surface area contributed by atoms with Crippen LogP contribution in [0.2, 0.25) is 0 Å². The lowest BCUT2D eigenvalue weighted by atomic mass is 9.98. The first-order chi connectivity index (χ1) is 9.51. The van der Waals surface area contributed by atoms with Crippen LogP contribution in [0, 0.1) is 5.41 Å². The second kappa shape index (κ2) is 7.22. The van der Waals surface area contributed by atoms with E-state index in [1.807, 2.05) is 26.8 Å². The molecule has 1 rings (SSSR count). The zero-order valence-electron chi connectivity index (χ0n) is 13.3. The smallest absolute Gasteiger partial charge is 0.241 e. The molecule has 0 saturated heterocycles. The average Bonchev–Trinajstić information content (AvgIpc) is 2.34. The van der Waals surface area contributed by atoms with Gasteiger partial charge in [-0.25, -0.2) is 13.1 Å². The normalized spacial score (nSPS) is 12.9. The molecule has 1 aromatic rings. The molecule has 2 N–H and O–H groups in total. The molecule has 0 spiro atoms. The Hall–Kier alpha value is -0.430. The highest BCUT2D eigenvalue weighted by Gasteiger charge is 2.21. The van der Waals surface area contributed by atoms with Crippen molar-refractivity contribution in [3.8, 4) is 0 Å². The van der Waals surface area contributed by atoms with E-state index in [1.165, 1.54) is 0 Å². The van der Waals surface area contributed by atoms with Crippen LogP contribution in [0.25, 0.3) is 0 Å². The summed E-state index contributed by atoms with van der Waals surface area (Å²) in [7, 11) is -3.51. The monoisotopic (exact) mass is 376 g/mol. The Morgan fingerprint density at radius 2 is 1.86 bits per heavy atom. The molecule has 21 heavy (non-hydrogen) atoms. The quantitative estimate of drug-likeness (QED) is 0.800. The SMILES string of the molecule is CC(C)NCc1ccc(Br)c(S(=O)(=O)NCC(C)(C)C)c1.